The molecule has 0 aromatic heterocycles. The van der Waals surface area contributed by atoms with E-state index in [1.807, 2.05) is 0 Å². The molecule has 0 fully saturated rings. The lowest BCUT2D eigenvalue weighted by Crippen LogP contribution is -2.10. The van der Waals surface area contributed by atoms with Crippen molar-refractivity contribution in [1.29, 1.82) is 0 Å². The summed E-state index contributed by atoms with van der Waals surface area (Å²) in [6, 6.07) is 6.58. The van der Waals surface area contributed by atoms with Gasteiger partial charge in [-0.05, 0) is 13.0 Å². The normalized spacial score (nSPS) is 8.53. The van der Waals surface area contributed by atoms with Gasteiger partial charge in [-0.2, -0.15) is 0 Å². The van der Waals surface area contributed by atoms with E-state index in [2.05, 4.69) is 19.7 Å². The van der Waals surface area contributed by atoms with Gasteiger partial charge in [0.1, 0.15) is 6.61 Å². The molecule has 0 saturated heterocycles. The van der Waals surface area contributed by atoms with Crippen molar-refractivity contribution in [3.63, 3.8) is 0 Å². The number of Topliss-reactive ketones (excluding diaryl/α,β-unsaturated/α-hetero) is 1. The van der Waals surface area contributed by atoms with Crippen LogP contribution < -0.4 is 0 Å². The second-order valence-electron chi connectivity index (χ2n) is 2.99. The Bertz CT molecular complexity index is 408. The van der Waals surface area contributed by atoms with Crippen LogP contribution in [-0.4, -0.2) is 18.4 Å². The van der Waals surface area contributed by atoms with Crippen LogP contribution in [0, 0.1) is 0 Å². The molecular formula is C14H16O3. The molecule has 0 heterocycles. The van der Waals surface area contributed by atoms with Crippen LogP contribution in [0.2, 0.25) is 0 Å². The maximum atomic E-state index is 11.5. The van der Waals surface area contributed by atoms with Gasteiger partial charge < -0.3 is 4.74 Å². The van der Waals surface area contributed by atoms with Gasteiger partial charge in [0.2, 0.25) is 0 Å². The maximum absolute atomic E-state index is 11.5. The van der Waals surface area contributed by atoms with Crippen molar-refractivity contribution in [2.75, 3.05) is 6.61 Å². The molecule has 0 radical (unpaired) electrons. The van der Waals surface area contributed by atoms with E-state index in [1.54, 1.807) is 24.3 Å². The zero-order valence-electron chi connectivity index (χ0n) is 9.94. The smallest absolute Gasteiger partial charge is 0.339 e. The highest BCUT2D eigenvalue weighted by Crippen LogP contribution is 2.10. The Kier molecular flexibility index (Phi) is 7.02. The van der Waals surface area contributed by atoms with Crippen molar-refractivity contribution in [2.24, 2.45) is 0 Å². The van der Waals surface area contributed by atoms with Crippen molar-refractivity contribution in [3.8, 4) is 0 Å². The molecule has 3 heteroatoms. The molecule has 0 atom stereocenters. The fraction of sp³-hybridized carbons (Fsp3) is 0.143. The van der Waals surface area contributed by atoms with E-state index < -0.39 is 5.97 Å². The minimum Gasteiger partial charge on any atom is -0.458 e. The molecule has 3 nitrogen and oxygen atoms in total. The van der Waals surface area contributed by atoms with E-state index in [-0.39, 0.29) is 12.4 Å². The number of carbonyl (C=O) groups is 2. The van der Waals surface area contributed by atoms with Gasteiger partial charge in [-0.15, -0.1) is 13.2 Å². The average molecular weight is 232 g/mol. The first-order valence-corrected chi connectivity index (χ1v) is 5.04. The van der Waals surface area contributed by atoms with Crippen molar-refractivity contribution in [3.05, 3.63) is 61.2 Å². The second kappa shape index (κ2) is 8.05. The largest absolute Gasteiger partial charge is 0.458 e. The summed E-state index contributed by atoms with van der Waals surface area (Å²) in [6.45, 7) is 11.0. The molecule has 0 saturated carbocycles. The van der Waals surface area contributed by atoms with E-state index in [0.717, 1.165) is 0 Å². The van der Waals surface area contributed by atoms with Crippen LogP contribution in [-0.2, 0) is 4.74 Å². The van der Waals surface area contributed by atoms with Crippen molar-refractivity contribution in [1.82, 2.24) is 0 Å². The number of rotatable bonds is 4. The summed E-state index contributed by atoms with van der Waals surface area (Å²) in [5.74, 6) is -0.651. The van der Waals surface area contributed by atoms with E-state index in [4.69, 9.17) is 4.74 Å². The topological polar surface area (TPSA) is 43.4 Å². The predicted molar refractivity (Wildman–Crippen MR) is 68.2 cm³/mol. The summed E-state index contributed by atoms with van der Waals surface area (Å²) in [4.78, 5) is 22.7. The number of hydrogen-bond acceptors (Lipinski definition) is 3. The van der Waals surface area contributed by atoms with Crippen LogP contribution in [0.4, 0.5) is 0 Å². The summed E-state index contributed by atoms with van der Waals surface area (Å²) in [5, 5.41) is 0. The zero-order valence-corrected chi connectivity index (χ0v) is 9.94. The van der Waals surface area contributed by atoms with Gasteiger partial charge in [-0.1, -0.05) is 30.9 Å². The van der Waals surface area contributed by atoms with Crippen LogP contribution in [0.25, 0.3) is 0 Å². The molecule has 0 spiro atoms. The van der Waals surface area contributed by atoms with Gasteiger partial charge >= 0.3 is 5.97 Å². The quantitative estimate of drug-likeness (QED) is 0.455. The monoisotopic (exact) mass is 232 g/mol. The predicted octanol–water partition coefficient (Wildman–Crippen LogP) is 3.03. The van der Waals surface area contributed by atoms with E-state index in [0.29, 0.717) is 11.1 Å². The standard InChI is InChI=1S/C12H12O3.C2H4/c1-3-8-15-12(14)11-7-5-4-6-10(11)9(2)13;1-2/h3-7H,1,8H2,2H3;1-2H2. The van der Waals surface area contributed by atoms with Crippen molar-refractivity contribution >= 4 is 11.8 Å². The number of hydrogen-bond donors (Lipinski definition) is 0. The second-order valence-corrected chi connectivity index (χ2v) is 2.99. The molecule has 0 aliphatic rings. The molecular weight excluding hydrogens is 216 g/mol. The third-order valence-corrected chi connectivity index (χ3v) is 1.86. The van der Waals surface area contributed by atoms with Crippen LogP contribution in [0.5, 0.6) is 0 Å². The average Bonchev–Trinajstić information content (AvgIpc) is 2.38. The fourth-order valence-corrected chi connectivity index (χ4v) is 1.18. The Morgan fingerprint density at radius 2 is 1.76 bits per heavy atom. The highest BCUT2D eigenvalue weighted by Gasteiger charge is 2.14. The molecule has 0 aliphatic carbocycles. The summed E-state index contributed by atoms with van der Waals surface area (Å²) in [5.41, 5.74) is 0.679. The number of ketones is 1. The summed E-state index contributed by atoms with van der Waals surface area (Å²) >= 11 is 0. The van der Waals surface area contributed by atoms with E-state index in [9.17, 15) is 9.59 Å². The molecule has 0 aliphatic heterocycles. The van der Waals surface area contributed by atoms with E-state index in [1.165, 1.54) is 13.0 Å². The Balaban J connectivity index is 0.00000121. The van der Waals surface area contributed by atoms with Gasteiger partial charge in [0.25, 0.3) is 0 Å². The summed E-state index contributed by atoms with van der Waals surface area (Å²) in [7, 11) is 0. The number of ether oxygens (including phenoxy) is 1. The Morgan fingerprint density at radius 1 is 1.24 bits per heavy atom. The lowest BCUT2D eigenvalue weighted by Gasteiger charge is -2.05. The highest BCUT2D eigenvalue weighted by molar-refractivity contribution is 6.05. The first kappa shape index (κ1) is 14.8. The molecule has 0 unspecified atom stereocenters. The van der Waals surface area contributed by atoms with Gasteiger partial charge in [0.05, 0.1) is 5.56 Å². The Labute approximate surface area is 101 Å². The SMILES string of the molecule is C=C.C=CCOC(=O)c1ccccc1C(C)=O. The number of carbonyl (C=O) groups excluding carboxylic acids is 2. The molecule has 0 amide bonds. The number of benzene rings is 1. The minimum atomic E-state index is -0.499. The molecule has 90 valence electrons. The maximum Gasteiger partial charge on any atom is 0.339 e. The Hall–Kier alpha value is -2.16. The molecule has 0 N–H and O–H groups in total. The first-order chi connectivity index (χ1) is 8.16. The summed E-state index contributed by atoms with van der Waals surface area (Å²) in [6.07, 6.45) is 1.48. The lowest BCUT2D eigenvalue weighted by molar-refractivity contribution is 0.0546. The molecule has 0 bridgehead atoms. The van der Waals surface area contributed by atoms with Gasteiger partial charge in [-0.25, -0.2) is 4.79 Å². The minimum absolute atomic E-state index is 0.144. The molecule has 1 aromatic carbocycles. The molecule has 17 heavy (non-hydrogen) atoms. The van der Waals surface area contributed by atoms with Crippen molar-refractivity contribution < 1.29 is 14.3 Å². The third-order valence-electron chi connectivity index (χ3n) is 1.86. The van der Waals surface area contributed by atoms with Gasteiger partial charge in [-0.3, -0.25) is 4.79 Å². The molecule has 1 aromatic rings. The van der Waals surface area contributed by atoms with E-state index >= 15 is 0 Å². The van der Waals surface area contributed by atoms with Crippen LogP contribution in [0.1, 0.15) is 27.6 Å². The lowest BCUT2D eigenvalue weighted by atomic mass is 10.0. The Morgan fingerprint density at radius 3 is 2.24 bits per heavy atom. The van der Waals surface area contributed by atoms with Crippen LogP contribution >= 0.6 is 0 Å². The molecule has 1 rings (SSSR count). The van der Waals surface area contributed by atoms with Crippen LogP contribution in [0.15, 0.2) is 50.1 Å². The first-order valence-electron chi connectivity index (χ1n) is 5.04. The van der Waals surface area contributed by atoms with Gasteiger partial charge in [0.15, 0.2) is 5.78 Å². The third kappa shape index (κ3) is 4.47. The zero-order chi connectivity index (χ0) is 13.3. The van der Waals surface area contributed by atoms with Crippen LogP contribution in [0.3, 0.4) is 0 Å². The van der Waals surface area contributed by atoms with Gasteiger partial charge in [0, 0.05) is 5.56 Å². The highest BCUT2D eigenvalue weighted by atomic mass is 16.5. The number of esters is 1. The summed E-state index contributed by atoms with van der Waals surface area (Å²) < 4.78 is 4.86. The fourth-order valence-electron chi connectivity index (χ4n) is 1.18. The van der Waals surface area contributed by atoms with Crippen molar-refractivity contribution in [2.45, 2.75) is 6.92 Å².